The van der Waals surface area contributed by atoms with Crippen molar-refractivity contribution in [1.82, 2.24) is 5.32 Å². The SMILES string of the molecule is CSCc1ccc(C(=O)NC2COCC2C(=O)O)cc1. The van der Waals surface area contributed by atoms with Crippen molar-refractivity contribution in [2.24, 2.45) is 5.92 Å². The molecule has 1 aromatic rings. The Morgan fingerprint density at radius 3 is 2.65 bits per heavy atom. The van der Waals surface area contributed by atoms with Gasteiger partial charge in [0, 0.05) is 11.3 Å². The highest BCUT2D eigenvalue weighted by Crippen LogP contribution is 2.15. The van der Waals surface area contributed by atoms with Crippen molar-refractivity contribution < 1.29 is 19.4 Å². The average Bonchev–Trinajstić information content (AvgIpc) is 2.88. The van der Waals surface area contributed by atoms with Crippen LogP contribution in [0.1, 0.15) is 15.9 Å². The van der Waals surface area contributed by atoms with Gasteiger partial charge < -0.3 is 15.2 Å². The van der Waals surface area contributed by atoms with Crippen molar-refractivity contribution >= 4 is 23.6 Å². The van der Waals surface area contributed by atoms with Crippen molar-refractivity contribution in [1.29, 1.82) is 0 Å². The Balaban J connectivity index is 1.99. The number of carbonyl (C=O) groups excluding carboxylic acids is 1. The molecule has 1 amide bonds. The van der Waals surface area contributed by atoms with Crippen molar-refractivity contribution in [2.75, 3.05) is 19.5 Å². The van der Waals surface area contributed by atoms with Crippen LogP contribution in [0.4, 0.5) is 0 Å². The molecular formula is C14H17NO4S. The number of carboxylic acids is 1. The number of nitrogens with one attached hydrogen (secondary N) is 1. The van der Waals surface area contributed by atoms with Gasteiger partial charge >= 0.3 is 5.97 Å². The summed E-state index contributed by atoms with van der Waals surface area (Å²) in [6.45, 7) is 0.389. The molecule has 2 rings (SSSR count). The number of hydrogen-bond donors (Lipinski definition) is 2. The van der Waals surface area contributed by atoms with Crippen LogP contribution >= 0.6 is 11.8 Å². The summed E-state index contributed by atoms with van der Waals surface area (Å²) in [4.78, 5) is 23.1. The van der Waals surface area contributed by atoms with E-state index in [1.165, 1.54) is 0 Å². The number of rotatable bonds is 5. The number of carbonyl (C=O) groups is 2. The molecule has 20 heavy (non-hydrogen) atoms. The van der Waals surface area contributed by atoms with E-state index in [1.54, 1.807) is 23.9 Å². The highest BCUT2D eigenvalue weighted by atomic mass is 32.2. The number of hydrogen-bond acceptors (Lipinski definition) is 4. The van der Waals surface area contributed by atoms with Gasteiger partial charge in [0.15, 0.2) is 0 Å². The summed E-state index contributed by atoms with van der Waals surface area (Å²) in [7, 11) is 0. The van der Waals surface area contributed by atoms with Crippen LogP contribution < -0.4 is 5.32 Å². The lowest BCUT2D eigenvalue weighted by Gasteiger charge is -2.15. The third-order valence-corrected chi connectivity index (χ3v) is 3.86. The summed E-state index contributed by atoms with van der Waals surface area (Å²) < 4.78 is 5.12. The minimum Gasteiger partial charge on any atom is -0.481 e. The lowest BCUT2D eigenvalue weighted by Crippen LogP contribution is -2.42. The number of thioether (sulfide) groups is 1. The van der Waals surface area contributed by atoms with Gasteiger partial charge in [-0.3, -0.25) is 9.59 Å². The van der Waals surface area contributed by atoms with Gasteiger partial charge in [-0.15, -0.1) is 0 Å². The maximum absolute atomic E-state index is 12.1. The number of amides is 1. The van der Waals surface area contributed by atoms with E-state index in [1.807, 2.05) is 18.4 Å². The Kier molecular flexibility index (Phi) is 5.03. The molecule has 2 N–H and O–H groups in total. The zero-order valence-electron chi connectivity index (χ0n) is 11.2. The minimum absolute atomic E-state index is 0.146. The Labute approximate surface area is 121 Å². The van der Waals surface area contributed by atoms with E-state index in [9.17, 15) is 9.59 Å². The first-order valence-electron chi connectivity index (χ1n) is 6.31. The van der Waals surface area contributed by atoms with Crippen molar-refractivity contribution in [3.8, 4) is 0 Å². The second kappa shape index (κ2) is 6.76. The first kappa shape index (κ1) is 14.9. The van der Waals surface area contributed by atoms with Crippen molar-refractivity contribution in [3.05, 3.63) is 35.4 Å². The zero-order chi connectivity index (χ0) is 14.5. The molecule has 0 aliphatic carbocycles. The summed E-state index contributed by atoms with van der Waals surface area (Å²) in [6, 6.07) is 6.86. The molecule has 1 heterocycles. The molecule has 1 saturated heterocycles. The smallest absolute Gasteiger partial charge is 0.311 e. The van der Waals surface area contributed by atoms with Crippen molar-refractivity contribution in [3.63, 3.8) is 0 Å². The molecule has 1 fully saturated rings. The quantitative estimate of drug-likeness (QED) is 0.858. The molecule has 2 unspecified atom stereocenters. The Morgan fingerprint density at radius 1 is 1.35 bits per heavy atom. The van der Waals surface area contributed by atoms with Gasteiger partial charge in [-0.25, -0.2) is 0 Å². The van der Waals surface area contributed by atoms with Gasteiger partial charge in [0.05, 0.1) is 19.3 Å². The molecule has 0 bridgehead atoms. The van der Waals surface area contributed by atoms with Gasteiger partial charge in [-0.2, -0.15) is 11.8 Å². The molecule has 0 radical (unpaired) electrons. The first-order valence-corrected chi connectivity index (χ1v) is 7.70. The standard InChI is InChI=1S/C14H17NO4S/c1-20-8-9-2-4-10(5-3-9)13(16)15-12-7-19-6-11(12)14(17)18/h2-5,11-12H,6-8H2,1H3,(H,15,16)(H,17,18). The van der Waals surface area contributed by atoms with Crippen LogP contribution in [0.2, 0.25) is 0 Å². The summed E-state index contributed by atoms with van der Waals surface area (Å²) in [5.74, 6) is -0.973. The fourth-order valence-corrected chi connectivity index (χ4v) is 2.64. The van der Waals surface area contributed by atoms with Gasteiger partial charge in [-0.05, 0) is 24.0 Å². The molecule has 6 heteroatoms. The maximum Gasteiger partial charge on any atom is 0.311 e. The normalized spacial score (nSPS) is 21.6. The van der Waals surface area contributed by atoms with E-state index in [0.29, 0.717) is 5.56 Å². The average molecular weight is 295 g/mol. The third-order valence-electron chi connectivity index (χ3n) is 3.24. The lowest BCUT2D eigenvalue weighted by molar-refractivity contribution is -0.142. The van der Waals surface area contributed by atoms with E-state index >= 15 is 0 Å². The van der Waals surface area contributed by atoms with Crippen LogP contribution in [0, 0.1) is 5.92 Å². The molecule has 1 aliphatic heterocycles. The highest BCUT2D eigenvalue weighted by Gasteiger charge is 2.35. The van der Waals surface area contributed by atoms with Crippen LogP contribution in [-0.2, 0) is 15.3 Å². The maximum atomic E-state index is 12.1. The zero-order valence-corrected chi connectivity index (χ0v) is 12.0. The third kappa shape index (κ3) is 3.52. The van der Waals surface area contributed by atoms with Crippen LogP contribution in [-0.4, -0.2) is 42.5 Å². The van der Waals surface area contributed by atoms with E-state index in [4.69, 9.17) is 9.84 Å². The van der Waals surface area contributed by atoms with Gasteiger partial charge in [-0.1, -0.05) is 12.1 Å². The van der Waals surface area contributed by atoms with E-state index < -0.39 is 17.9 Å². The molecule has 0 aromatic heterocycles. The lowest BCUT2D eigenvalue weighted by atomic mass is 10.0. The molecular weight excluding hydrogens is 278 g/mol. The second-order valence-corrected chi connectivity index (χ2v) is 5.56. The van der Waals surface area contributed by atoms with Gasteiger partial charge in [0.1, 0.15) is 5.92 Å². The molecule has 5 nitrogen and oxygen atoms in total. The Bertz CT molecular complexity index is 488. The summed E-state index contributed by atoms with van der Waals surface area (Å²) >= 11 is 1.72. The highest BCUT2D eigenvalue weighted by molar-refractivity contribution is 7.97. The molecule has 0 spiro atoms. The van der Waals surface area contributed by atoms with E-state index in [2.05, 4.69) is 5.32 Å². The molecule has 0 saturated carbocycles. The largest absolute Gasteiger partial charge is 0.481 e. The first-order chi connectivity index (χ1) is 9.61. The van der Waals surface area contributed by atoms with Crippen molar-refractivity contribution in [2.45, 2.75) is 11.8 Å². The number of benzene rings is 1. The van der Waals surface area contributed by atoms with Gasteiger partial charge in [0.2, 0.25) is 0 Å². The predicted molar refractivity (Wildman–Crippen MR) is 76.9 cm³/mol. The van der Waals surface area contributed by atoms with Crippen LogP contribution in [0.5, 0.6) is 0 Å². The van der Waals surface area contributed by atoms with Crippen LogP contribution in [0.25, 0.3) is 0 Å². The van der Waals surface area contributed by atoms with Crippen LogP contribution in [0.3, 0.4) is 0 Å². The number of ether oxygens (including phenoxy) is 1. The summed E-state index contributed by atoms with van der Waals surface area (Å²) in [5, 5.41) is 11.8. The predicted octanol–water partition coefficient (Wildman–Crippen LogP) is 1.38. The molecule has 2 atom stereocenters. The van der Waals surface area contributed by atoms with E-state index in [-0.39, 0.29) is 19.1 Å². The summed E-state index contributed by atoms with van der Waals surface area (Å²) in [6.07, 6.45) is 2.02. The molecule has 108 valence electrons. The second-order valence-electron chi connectivity index (χ2n) is 4.69. The molecule has 1 aliphatic rings. The number of aliphatic carboxylic acids is 1. The monoisotopic (exact) mass is 295 g/mol. The van der Waals surface area contributed by atoms with Gasteiger partial charge in [0.25, 0.3) is 5.91 Å². The van der Waals surface area contributed by atoms with E-state index in [0.717, 1.165) is 11.3 Å². The Morgan fingerprint density at radius 2 is 2.05 bits per heavy atom. The minimum atomic E-state index is -0.942. The molecule has 1 aromatic carbocycles. The number of carboxylic acid groups (broad SMARTS) is 1. The summed E-state index contributed by atoms with van der Waals surface area (Å²) in [5.41, 5.74) is 1.69. The fourth-order valence-electron chi connectivity index (χ4n) is 2.11. The Hall–Kier alpha value is -1.53. The van der Waals surface area contributed by atoms with Crippen LogP contribution in [0.15, 0.2) is 24.3 Å². The topological polar surface area (TPSA) is 75.6 Å². The fraction of sp³-hybridized carbons (Fsp3) is 0.429.